The average Bonchev–Trinajstić information content (AvgIpc) is 2.34. The van der Waals surface area contributed by atoms with Crippen molar-refractivity contribution < 1.29 is 9.90 Å². The maximum Gasteiger partial charge on any atom is 0.303 e. The molecule has 0 saturated heterocycles. The molecule has 0 rings (SSSR count). The Kier molecular flexibility index (Phi) is 20.1. The molecular weight excluding hydrogens is 248 g/mol. The minimum Gasteiger partial charge on any atom is -0.481 e. The monoisotopic (exact) mass is 278 g/mol. The van der Waals surface area contributed by atoms with Crippen LogP contribution >= 0.6 is 0 Å². The summed E-state index contributed by atoms with van der Waals surface area (Å²) in [6.07, 6.45) is 18.3. The number of allylic oxidation sites excluding steroid dienone is 2. The molecule has 2 nitrogen and oxygen atoms in total. The van der Waals surface area contributed by atoms with Crippen molar-refractivity contribution in [2.75, 3.05) is 0 Å². The molecule has 108 valence electrons. The summed E-state index contributed by atoms with van der Waals surface area (Å²) >= 11 is 0. The Bertz CT molecular complexity index is 215. The van der Waals surface area contributed by atoms with Gasteiger partial charge in [-0.05, 0) is 32.1 Å². The summed E-state index contributed by atoms with van der Waals surface area (Å²) < 4.78 is 0. The van der Waals surface area contributed by atoms with Crippen LogP contribution in [0.3, 0.4) is 0 Å². The Morgan fingerprint density at radius 3 is 1.84 bits per heavy atom. The van der Waals surface area contributed by atoms with E-state index in [4.69, 9.17) is 5.11 Å². The van der Waals surface area contributed by atoms with E-state index in [1.165, 1.54) is 57.8 Å². The van der Waals surface area contributed by atoms with E-state index in [1.807, 2.05) is 0 Å². The highest BCUT2D eigenvalue weighted by Gasteiger charge is 1.95. The van der Waals surface area contributed by atoms with E-state index in [-0.39, 0.29) is 23.1 Å². The van der Waals surface area contributed by atoms with Crippen molar-refractivity contribution in [3.05, 3.63) is 12.2 Å². The highest BCUT2D eigenvalue weighted by Crippen LogP contribution is 2.08. The van der Waals surface area contributed by atoms with Crippen molar-refractivity contribution in [1.29, 1.82) is 0 Å². The number of rotatable bonds is 13. The van der Waals surface area contributed by atoms with Crippen LogP contribution in [-0.4, -0.2) is 34.1 Å². The lowest BCUT2D eigenvalue weighted by Gasteiger charge is -1.98. The van der Waals surface area contributed by atoms with Gasteiger partial charge in [0.1, 0.15) is 0 Å². The fourth-order valence-electron chi connectivity index (χ4n) is 1.99. The molecule has 3 heteroatoms. The molecule has 0 heterocycles. The number of carbonyl (C=O) groups is 1. The summed E-state index contributed by atoms with van der Waals surface area (Å²) in [5.74, 6) is -0.666. The van der Waals surface area contributed by atoms with Crippen LogP contribution in [0.25, 0.3) is 0 Å². The highest BCUT2D eigenvalue weighted by atomic mass is 24.3. The van der Waals surface area contributed by atoms with E-state index in [0.29, 0.717) is 6.42 Å². The Morgan fingerprint density at radius 1 is 0.842 bits per heavy atom. The zero-order valence-corrected chi connectivity index (χ0v) is 14.1. The van der Waals surface area contributed by atoms with Gasteiger partial charge in [0.15, 0.2) is 0 Å². The lowest BCUT2D eigenvalue weighted by Crippen LogP contribution is -1.93. The van der Waals surface area contributed by atoms with Gasteiger partial charge in [-0.2, -0.15) is 0 Å². The Balaban J connectivity index is 0. The largest absolute Gasteiger partial charge is 0.481 e. The molecule has 0 atom stereocenters. The molecule has 0 bridgehead atoms. The van der Waals surface area contributed by atoms with Crippen LogP contribution in [0, 0.1) is 0 Å². The first kappa shape index (κ1) is 21.3. The van der Waals surface area contributed by atoms with Gasteiger partial charge in [-0.15, -0.1) is 0 Å². The molecule has 0 fully saturated rings. The van der Waals surface area contributed by atoms with Crippen molar-refractivity contribution in [3.63, 3.8) is 0 Å². The van der Waals surface area contributed by atoms with Crippen molar-refractivity contribution in [2.24, 2.45) is 0 Å². The summed E-state index contributed by atoms with van der Waals surface area (Å²) in [6.45, 7) is 2.24. The number of unbranched alkanes of at least 4 members (excludes halogenated alkanes) is 9. The second-order valence-corrected chi connectivity index (χ2v) is 5.02. The van der Waals surface area contributed by atoms with Crippen molar-refractivity contribution in [3.8, 4) is 0 Å². The maximum absolute atomic E-state index is 10.3. The average molecular weight is 279 g/mol. The Labute approximate surface area is 135 Å². The van der Waals surface area contributed by atoms with Gasteiger partial charge in [-0.25, -0.2) is 0 Å². The molecule has 2 radical (unpaired) electrons. The molecule has 1 N–H and O–H groups in total. The van der Waals surface area contributed by atoms with E-state index < -0.39 is 5.97 Å². The number of hydrogen-bond donors (Lipinski definition) is 1. The Hall–Kier alpha value is -0.0238. The summed E-state index contributed by atoms with van der Waals surface area (Å²) in [6, 6.07) is 0. The first-order valence-corrected chi connectivity index (χ1v) is 7.64. The van der Waals surface area contributed by atoms with Crippen LogP contribution in [0.1, 0.15) is 84.0 Å². The molecule has 0 aliphatic heterocycles. The number of hydrogen-bond acceptors (Lipinski definition) is 1. The number of carboxylic acid groups (broad SMARTS) is 1. The van der Waals surface area contributed by atoms with Crippen molar-refractivity contribution >= 4 is 29.0 Å². The van der Waals surface area contributed by atoms with Gasteiger partial charge in [0.25, 0.3) is 0 Å². The second kappa shape index (κ2) is 18.0. The maximum atomic E-state index is 10.3. The Morgan fingerprint density at radius 2 is 1.32 bits per heavy atom. The molecule has 0 aromatic heterocycles. The molecule has 0 spiro atoms. The molecule has 0 amide bonds. The zero-order valence-electron chi connectivity index (χ0n) is 12.7. The van der Waals surface area contributed by atoms with E-state index in [1.54, 1.807) is 0 Å². The van der Waals surface area contributed by atoms with Gasteiger partial charge in [0, 0.05) is 29.5 Å². The minimum absolute atomic E-state index is 0. The summed E-state index contributed by atoms with van der Waals surface area (Å²) in [4.78, 5) is 10.3. The summed E-state index contributed by atoms with van der Waals surface area (Å²) in [7, 11) is 0. The minimum atomic E-state index is -0.666. The molecular formula is C16H30MgO2. The predicted molar refractivity (Wildman–Crippen MR) is 83.6 cm³/mol. The van der Waals surface area contributed by atoms with Crippen LogP contribution < -0.4 is 0 Å². The van der Waals surface area contributed by atoms with Gasteiger partial charge >= 0.3 is 5.97 Å². The first-order valence-electron chi connectivity index (χ1n) is 7.64. The van der Waals surface area contributed by atoms with Crippen LogP contribution in [0.2, 0.25) is 0 Å². The third kappa shape index (κ3) is 20.5. The number of carboxylic acids is 1. The van der Waals surface area contributed by atoms with Crippen molar-refractivity contribution in [2.45, 2.75) is 84.0 Å². The highest BCUT2D eigenvalue weighted by molar-refractivity contribution is 5.75. The van der Waals surface area contributed by atoms with Crippen LogP contribution in [0.4, 0.5) is 0 Å². The van der Waals surface area contributed by atoms with E-state index in [9.17, 15) is 4.79 Å². The molecule has 0 aliphatic rings. The molecule has 0 aromatic carbocycles. The van der Waals surface area contributed by atoms with Crippen LogP contribution in [-0.2, 0) is 4.79 Å². The topological polar surface area (TPSA) is 37.3 Å². The molecule has 0 aromatic rings. The molecule has 19 heavy (non-hydrogen) atoms. The van der Waals surface area contributed by atoms with Gasteiger partial charge in [-0.1, -0.05) is 57.6 Å². The molecule has 0 saturated carbocycles. The zero-order chi connectivity index (χ0) is 13.5. The summed E-state index contributed by atoms with van der Waals surface area (Å²) in [5.41, 5.74) is 0. The van der Waals surface area contributed by atoms with E-state index in [2.05, 4.69) is 19.1 Å². The summed E-state index contributed by atoms with van der Waals surface area (Å²) in [5, 5.41) is 8.48. The fraction of sp³-hybridized carbons (Fsp3) is 0.812. The van der Waals surface area contributed by atoms with Gasteiger partial charge in [-0.3, -0.25) is 4.79 Å². The van der Waals surface area contributed by atoms with Gasteiger partial charge in [0.2, 0.25) is 0 Å². The van der Waals surface area contributed by atoms with E-state index >= 15 is 0 Å². The third-order valence-electron chi connectivity index (χ3n) is 3.15. The van der Waals surface area contributed by atoms with Gasteiger partial charge < -0.3 is 5.11 Å². The fourth-order valence-corrected chi connectivity index (χ4v) is 1.99. The lowest BCUT2D eigenvalue weighted by atomic mass is 10.1. The first-order chi connectivity index (χ1) is 8.77. The molecule has 0 unspecified atom stereocenters. The van der Waals surface area contributed by atoms with E-state index in [0.717, 1.165) is 12.8 Å². The normalized spacial score (nSPS) is 10.6. The van der Waals surface area contributed by atoms with Gasteiger partial charge in [0.05, 0.1) is 0 Å². The standard InChI is InChI=1S/C16H30O2.Mg/c1-2-3-4-5-6-7-8-9-10-11-12-13-14-15-16(17)18;/h7-8H,2-6,9-15H2,1H3,(H,17,18);. The smallest absolute Gasteiger partial charge is 0.303 e. The third-order valence-corrected chi connectivity index (χ3v) is 3.15. The van der Waals surface area contributed by atoms with Crippen molar-refractivity contribution in [1.82, 2.24) is 0 Å². The predicted octanol–water partition coefficient (Wildman–Crippen LogP) is 4.95. The van der Waals surface area contributed by atoms with Crippen LogP contribution in [0.15, 0.2) is 12.2 Å². The second-order valence-electron chi connectivity index (χ2n) is 5.02. The quantitative estimate of drug-likeness (QED) is 0.294. The van der Waals surface area contributed by atoms with Crippen LogP contribution in [0.5, 0.6) is 0 Å². The number of aliphatic carboxylic acids is 1. The molecule has 0 aliphatic carbocycles. The SMILES string of the molecule is CCCCCCC=CCCCCCCCC(=O)O.[Mg]. The lowest BCUT2D eigenvalue weighted by molar-refractivity contribution is -0.137.